The quantitative estimate of drug-likeness (QED) is 0.415. The lowest BCUT2D eigenvalue weighted by atomic mass is 10.2. The Balaban J connectivity index is 3.47. The molecule has 0 aliphatic carbocycles. The summed E-state index contributed by atoms with van der Waals surface area (Å²) in [6.45, 7) is 0. The minimum absolute atomic E-state index is 0.0886. The van der Waals surface area contributed by atoms with Gasteiger partial charge in [-0.25, -0.2) is 13.8 Å². The monoisotopic (exact) mass is 357 g/mol. The summed E-state index contributed by atoms with van der Waals surface area (Å²) in [5, 5.41) is -0.628. The van der Waals surface area contributed by atoms with Crippen LogP contribution in [0.5, 0.6) is 0 Å². The van der Waals surface area contributed by atoms with E-state index in [2.05, 4.69) is 4.98 Å². The third-order valence-corrected chi connectivity index (χ3v) is 2.33. The Morgan fingerprint density at radius 1 is 1.33 bits per heavy atom. The van der Waals surface area contributed by atoms with Crippen LogP contribution in [0.15, 0.2) is 6.07 Å². The molecule has 15 heavy (non-hydrogen) atoms. The largest absolute Gasteiger partial charge is 0.433 e. The van der Waals surface area contributed by atoms with Crippen LogP contribution in [0.4, 0.5) is 22.0 Å². The van der Waals surface area contributed by atoms with Crippen molar-refractivity contribution in [1.82, 2.24) is 4.98 Å². The number of nitrogens with zero attached hydrogens (tertiary/aromatic N) is 1. The molecule has 1 rings (SSSR count). The van der Waals surface area contributed by atoms with E-state index in [9.17, 15) is 22.0 Å². The zero-order valence-corrected chi connectivity index (χ0v) is 9.66. The van der Waals surface area contributed by atoms with Gasteiger partial charge in [0.05, 0.1) is 10.6 Å². The molecule has 0 saturated heterocycles. The second kappa shape index (κ2) is 4.36. The van der Waals surface area contributed by atoms with Gasteiger partial charge in [0.1, 0.15) is 3.70 Å². The topological polar surface area (TPSA) is 12.9 Å². The Bertz CT molecular complexity index is 378. The van der Waals surface area contributed by atoms with E-state index in [0.29, 0.717) is 0 Å². The Labute approximate surface area is 99.8 Å². The van der Waals surface area contributed by atoms with E-state index in [1.165, 1.54) is 22.6 Å². The number of alkyl halides is 5. The highest BCUT2D eigenvalue weighted by molar-refractivity contribution is 14.1. The molecule has 1 nitrogen and oxygen atoms in total. The van der Waals surface area contributed by atoms with Crippen LogP contribution in [0, 0.1) is 3.70 Å². The van der Waals surface area contributed by atoms with E-state index in [0.717, 1.165) is 6.07 Å². The molecule has 0 bridgehead atoms. The first-order chi connectivity index (χ1) is 6.73. The van der Waals surface area contributed by atoms with E-state index in [1.54, 1.807) is 0 Å². The molecule has 0 aromatic carbocycles. The van der Waals surface area contributed by atoms with E-state index in [-0.39, 0.29) is 3.70 Å². The summed E-state index contributed by atoms with van der Waals surface area (Å²) in [7, 11) is 0. The zero-order valence-electron chi connectivity index (χ0n) is 6.75. The van der Waals surface area contributed by atoms with Gasteiger partial charge in [0.15, 0.2) is 5.69 Å². The van der Waals surface area contributed by atoms with Crippen LogP contribution in [0.1, 0.15) is 17.7 Å². The normalized spacial score (nSPS) is 12.3. The van der Waals surface area contributed by atoms with Crippen LogP contribution in [-0.2, 0) is 6.18 Å². The van der Waals surface area contributed by atoms with Crippen molar-refractivity contribution in [1.29, 1.82) is 0 Å². The van der Waals surface area contributed by atoms with Crippen LogP contribution < -0.4 is 0 Å². The van der Waals surface area contributed by atoms with Crippen LogP contribution in [0.25, 0.3) is 0 Å². The summed E-state index contributed by atoms with van der Waals surface area (Å²) in [6.07, 6.45) is -8.24. The fourth-order valence-corrected chi connectivity index (χ4v) is 1.93. The molecule has 8 heteroatoms. The lowest BCUT2D eigenvalue weighted by Crippen LogP contribution is -2.13. The lowest BCUT2D eigenvalue weighted by molar-refractivity contribution is -0.143. The summed E-state index contributed by atoms with van der Waals surface area (Å²) >= 11 is 6.78. The number of aromatic nitrogens is 1. The summed E-state index contributed by atoms with van der Waals surface area (Å²) in [4.78, 5) is 3.02. The summed E-state index contributed by atoms with van der Waals surface area (Å²) in [6, 6.07) is 0.957. The minimum Gasteiger partial charge on any atom is -0.237 e. The zero-order chi connectivity index (χ0) is 11.8. The number of halogens is 7. The van der Waals surface area contributed by atoms with E-state index in [1.807, 2.05) is 0 Å². The van der Waals surface area contributed by atoms with E-state index >= 15 is 0 Å². The molecule has 0 unspecified atom stereocenters. The van der Waals surface area contributed by atoms with Crippen molar-refractivity contribution >= 4 is 34.2 Å². The Morgan fingerprint density at radius 3 is 2.27 bits per heavy atom. The highest BCUT2D eigenvalue weighted by Gasteiger charge is 2.39. The molecule has 1 aromatic rings. The molecule has 0 radical (unpaired) electrons. The van der Waals surface area contributed by atoms with Gasteiger partial charge in [0.2, 0.25) is 0 Å². The summed E-state index contributed by atoms with van der Waals surface area (Å²) in [5.74, 6) is 0. The third kappa shape index (κ3) is 2.90. The van der Waals surface area contributed by atoms with Gasteiger partial charge in [-0.1, -0.05) is 11.6 Å². The van der Waals surface area contributed by atoms with Crippen molar-refractivity contribution in [3.8, 4) is 0 Å². The van der Waals surface area contributed by atoms with E-state index < -0.39 is 28.9 Å². The summed E-state index contributed by atoms with van der Waals surface area (Å²) < 4.78 is 61.5. The molecule has 0 atom stereocenters. The van der Waals surface area contributed by atoms with Crippen molar-refractivity contribution < 1.29 is 22.0 Å². The molecule has 0 fully saturated rings. The fourth-order valence-electron chi connectivity index (χ4n) is 0.918. The van der Waals surface area contributed by atoms with Crippen LogP contribution in [-0.4, -0.2) is 4.98 Å². The molecule has 1 heterocycles. The molecule has 0 N–H and O–H groups in total. The Kier molecular flexibility index (Phi) is 3.75. The van der Waals surface area contributed by atoms with Gasteiger partial charge in [-0.15, -0.1) is 0 Å². The highest BCUT2D eigenvalue weighted by atomic mass is 127. The van der Waals surface area contributed by atoms with Gasteiger partial charge >= 0.3 is 6.18 Å². The molecule has 0 aliphatic rings. The molecular weight excluding hydrogens is 355 g/mol. The minimum atomic E-state index is -4.93. The predicted octanol–water partition coefficient (Wildman–Crippen LogP) is 4.30. The standard InChI is InChI=1S/C7H2ClF5IN/c8-2-1-3(14)15-5(7(11,12)13)4(2)6(9)10/h1,6H. The third-order valence-electron chi connectivity index (χ3n) is 1.46. The molecule has 0 amide bonds. The van der Waals surface area contributed by atoms with Crippen molar-refractivity contribution in [3.63, 3.8) is 0 Å². The first-order valence-corrected chi connectivity index (χ1v) is 4.90. The maximum atomic E-state index is 12.3. The molecule has 0 spiro atoms. The van der Waals surface area contributed by atoms with Gasteiger partial charge in [0.25, 0.3) is 6.43 Å². The molecule has 0 saturated carbocycles. The smallest absolute Gasteiger partial charge is 0.237 e. The van der Waals surface area contributed by atoms with Crippen LogP contribution in [0.2, 0.25) is 5.02 Å². The average Bonchev–Trinajstić information content (AvgIpc) is 1.99. The molecular formula is C7H2ClF5IN. The van der Waals surface area contributed by atoms with Gasteiger partial charge in [-0.3, -0.25) is 0 Å². The number of pyridine rings is 1. The van der Waals surface area contributed by atoms with Gasteiger partial charge < -0.3 is 0 Å². The van der Waals surface area contributed by atoms with Crippen molar-refractivity contribution in [2.24, 2.45) is 0 Å². The fraction of sp³-hybridized carbons (Fsp3) is 0.286. The predicted molar refractivity (Wildman–Crippen MR) is 51.9 cm³/mol. The van der Waals surface area contributed by atoms with Crippen molar-refractivity contribution in [3.05, 3.63) is 26.0 Å². The second-order valence-corrected chi connectivity index (χ2v) is 4.00. The molecule has 84 valence electrons. The van der Waals surface area contributed by atoms with Crippen LogP contribution in [0.3, 0.4) is 0 Å². The maximum Gasteiger partial charge on any atom is 0.433 e. The maximum absolute atomic E-state index is 12.3. The molecule has 0 aliphatic heterocycles. The van der Waals surface area contributed by atoms with Gasteiger partial charge in [0, 0.05) is 0 Å². The summed E-state index contributed by atoms with van der Waals surface area (Å²) in [5.41, 5.74) is -2.90. The number of hydrogen-bond donors (Lipinski definition) is 0. The van der Waals surface area contributed by atoms with Gasteiger partial charge in [-0.2, -0.15) is 13.2 Å². The van der Waals surface area contributed by atoms with Crippen molar-refractivity contribution in [2.75, 3.05) is 0 Å². The van der Waals surface area contributed by atoms with Gasteiger partial charge in [-0.05, 0) is 28.7 Å². The second-order valence-electron chi connectivity index (χ2n) is 2.49. The first-order valence-electron chi connectivity index (χ1n) is 3.44. The number of rotatable bonds is 1. The van der Waals surface area contributed by atoms with Crippen molar-refractivity contribution in [2.45, 2.75) is 12.6 Å². The first kappa shape index (κ1) is 12.9. The Hall–Kier alpha value is -0.180. The highest BCUT2D eigenvalue weighted by Crippen LogP contribution is 2.39. The average molecular weight is 357 g/mol. The lowest BCUT2D eigenvalue weighted by Gasteiger charge is -2.12. The van der Waals surface area contributed by atoms with E-state index in [4.69, 9.17) is 11.6 Å². The Morgan fingerprint density at radius 2 is 1.87 bits per heavy atom. The number of hydrogen-bond acceptors (Lipinski definition) is 1. The van der Waals surface area contributed by atoms with Crippen LogP contribution >= 0.6 is 34.2 Å². The SMILES string of the molecule is FC(F)c1c(Cl)cc(I)nc1C(F)(F)F. The molecule has 1 aromatic heterocycles.